The second kappa shape index (κ2) is 3.22. The SMILES string of the molecule is Nc1ccnn1-c1cccc(Br)c1. The van der Waals surface area contributed by atoms with Crippen LogP contribution >= 0.6 is 15.9 Å². The summed E-state index contributed by atoms with van der Waals surface area (Å²) in [6, 6.07) is 9.59. The third-order valence-electron chi connectivity index (χ3n) is 1.72. The van der Waals surface area contributed by atoms with Crippen LogP contribution in [0.3, 0.4) is 0 Å². The zero-order valence-corrected chi connectivity index (χ0v) is 8.40. The van der Waals surface area contributed by atoms with Crippen LogP contribution in [0.25, 0.3) is 5.69 Å². The van der Waals surface area contributed by atoms with Crippen LogP contribution in [0.15, 0.2) is 41.0 Å². The van der Waals surface area contributed by atoms with Gasteiger partial charge in [-0.25, -0.2) is 4.68 Å². The Morgan fingerprint density at radius 3 is 2.77 bits per heavy atom. The largest absolute Gasteiger partial charge is 0.384 e. The maximum atomic E-state index is 5.71. The molecule has 0 aliphatic carbocycles. The molecule has 1 aromatic heterocycles. The topological polar surface area (TPSA) is 43.8 Å². The maximum absolute atomic E-state index is 5.71. The van der Waals surface area contributed by atoms with E-state index in [4.69, 9.17) is 5.73 Å². The van der Waals surface area contributed by atoms with Gasteiger partial charge in [-0.15, -0.1) is 0 Å². The molecule has 0 unspecified atom stereocenters. The minimum absolute atomic E-state index is 0.637. The Bertz CT molecular complexity index is 422. The number of rotatable bonds is 1. The maximum Gasteiger partial charge on any atom is 0.127 e. The summed E-state index contributed by atoms with van der Waals surface area (Å²) in [6.45, 7) is 0. The summed E-state index contributed by atoms with van der Waals surface area (Å²) < 4.78 is 2.70. The standard InChI is InChI=1S/C9H8BrN3/c10-7-2-1-3-8(6-7)13-9(11)4-5-12-13/h1-6H,11H2. The first-order valence-electron chi connectivity index (χ1n) is 3.83. The molecule has 0 aliphatic heterocycles. The molecule has 0 saturated heterocycles. The molecule has 0 aliphatic rings. The van der Waals surface area contributed by atoms with Crippen molar-refractivity contribution in [3.05, 3.63) is 41.0 Å². The Morgan fingerprint density at radius 2 is 2.15 bits per heavy atom. The van der Waals surface area contributed by atoms with Crippen LogP contribution in [-0.2, 0) is 0 Å². The average Bonchev–Trinajstić information content (AvgIpc) is 2.51. The van der Waals surface area contributed by atoms with E-state index in [1.54, 1.807) is 16.9 Å². The molecule has 2 aromatic rings. The number of hydrogen-bond acceptors (Lipinski definition) is 2. The van der Waals surface area contributed by atoms with E-state index < -0.39 is 0 Å². The van der Waals surface area contributed by atoms with Crippen LogP contribution in [-0.4, -0.2) is 9.78 Å². The molecule has 0 spiro atoms. The normalized spacial score (nSPS) is 10.2. The predicted molar refractivity (Wildman–Crippen MR) is 55.7 cm³/mol. The van der Waals surface area contributed by atoms with E-state index in [2.05, 4.69) is 21.0 Å². The van der Waals surface area contributed by atoms with E-state index in [1.165, 1.54) is 0 Å². The van der Waals surface area contributed by atoms with E-state index in [1.807, 2.05) is 24.3 Å². The van der Waals surface area contributed by atoms with Gasteiger partial charge in [0.15, 0.2) is 0 Å². The third-order valence-corrected chi connectivity index (χ3v) is 2.22. The molecule has 13 heavy (non-hydrogen) atoms. The van der Waals surface area contributed by atoms with Crippen LogP contribution in [0.2, 0.25) is 0 Å². The van der Waals surface area contributed by atoms with Gasteiger partial charge in [-0.1, -0.05) is 22.0 Å². The lowest BCUT2D eigenvalue weighted by Gasteiger charge is -2.03. The summed E-state index contributed by atoms with van der Waals surface area (Å²) in [6.07, 6.45) is 1.68. The van der Waals surface area contributed by atoms with Crippen LogP contribution in [0.1, 0.15) is 0 Å². The quantitative estimate of drug-likeness (QED) is 0.827. The fourth-order valence-electron chi connectivity index (χ4n) is 1.14. The van der Waals surface area contributed by atoms with Gasteiger partial charge >= 0.3 is 0 Å². The van der Waals surface area contributed by atoms with Crippen molar-refractivity contribution in [3.63, 3.8) is 0 Å². The Morgan fingerprint density at radius 1 is 1.31 bits per heavy atom. The number of anilines is 1. The van der Waals surface area contributed by atoms with E-state index in [-0.39, 0.29) is 0 Å². The van der Waals surface area contributed by atoms with Crippen molar-refractivity contribution in [2.75, 3.05) is 5.73 Å². The fourth-order valence-corrected chi connectivity index (χ4v) is 1.52. The highest BCUT2D eigenvalue weighted by Crippen LogP contribution is 2.16. The molecule has 2 rings (SSSR count). The highest BCUT2D eigenvalue weighted by atomic mass is 79.9. The lowest BCUT2D eigenvalue weighted by atomic mass is 10.3. The average molecular weight is 238 g/mol. The monoisotopic (exact) mass is 237 g/mol. The molecule has 2 N–H and O–H groups in total. The summed E-state index contributed by atoms with van der Waals surface area (Å²) in [7, 11) is 0. The Labute approximate surface area is 84.3 Å². The van der Waals surface area contributed by atoms with Gasteiger partial charge in [0.1, 0.15) is 5.82 Å². The number of benzene rings is 1. The summed E-state index contributed by atoms with van der Waals surface area (Å²) in [5.41, 5.74) is 6.66. The molecular formula is C9H8BrN3. The van der Waals surface area contributed by atoms with Crippen molar-refractivity contribution < 1.29 is 0 Å². The fraction of sp³-hybridized carbons (Fsp3) is 0. The van der Waals surface area contributed by atoms with E-state index >= 15 is 0 Å². The molecule has 3 nitrogen and oxygen atoms in total. The number of aromatic nitrogens is 2. The van der Waals surface area contributed by atoms with Crippen LogP contribution in [0.4, 0.5) is 5.82 Å². The summed E-state index contributed by atoms with van der Waals surface area (Å²) in [5, 5.41) is 4.10. The van der Waals surface area contributed by atoms with Crippen molar-refractivity contribution in [1.82, 2.24) is 9.78 Å². The van der Waals surface area contributed by atoms with Crippen LogP contribution in [0.5, 0.6) is 0 Å². The smallest absolute Gasteiger partial charge is 0.127 e. The molecule has 4 heteroatoms. The van der Waals surface area contributed by atoms with E-state index in [0.717, 1.165) is 10.2 Å². The zero-order valence-electron chi connectivity index (χ0n) is 6.81. The Kier molecular flexibility index (Phi) is 2.06. The number of halogens is 1. The van der Waals surface area contributed by atoms with Gasteiger partial charge in [0, 0.05) is 10.5 Å². The number of nitrogens with two attached hydrogens (primary N) is 1. The molecule has 0 bridgehead atoms. The lowest BCUT2D eigenvalue weighted by molar-refractivity contribution is 0.890. The number of nitrogens with zero attached hydrogens (tertiary/aromatic N) is 2. The Hall–Kier alpha value is -1.29. The molecule has 0 radical (unpaired) electrons. The van der Waals surface area contributed by atoms with Crippen molar-refractivity contribution in [1.29, 1.82) is 0 Å². The van der Waals surface area contributed by atoms with Crippen molar-refractivity contribution >= 4 is 21.7 Å². The summed E-state index contributed by atoms with van der Waals surface area (Å²) in [5.74, 6) is 0.637. The van der Waals surface area contributed by atoms with Gasteiger partial charge in [-0.3, -0.25) is 0 Å². The minimum Gasteiger partial charge on any atom is -0.384 e. The number of hydrogen-bond donors (Lipinski definition) is 1. The van der Waals surface area contributed by atoms with Crippen molar-refractivity contribution in [2.24, 2.45) is 0 Å². The lowest BCUT2D eigenvalue weighted by Crippen LogP contribution is -2.00. The van der Waals surface area contributed by atoms with Gasteiger partial charge in [0.2, 0.25) is 0 Å². The summed E-state index contributed by atoms with van der Waals surface area (Å²) >= 11 is 3.39. The molecule has 0 atom stereocenters. The highest BCUT2D eigenvalue weighted by molar-refractivity contribution is 9.10. The first-order valence-corrected chi connectivity index (χ1v) is 4.62. The Balaban J connectivity index is 2.53. The van der Waals surface area contributed by atoms with E-state index in [9.17, 15) is 0 Å². The second-order valence-corrected chi connectivity index (χ2v) is 3.56. The molecular weight excluding hydrogens is 230 g/mol. The summed E-state index contributed by atoms with van der Waals surface area (Å²) in [4.78, 5) is 0. The molecule has 66 valence electrons. The predicted octanol–water partition coefficient (Wildman–Crippen LogP) is 2.22. The molecule has 0 amide bonds. The van der Waals surface area contributed by atoms with Crippen LogP contribution in [0, 0.1) is 0 Å². The van der Waals surface area contributed by atoms with E-state index in [0.29, 0.717) is 5.82 Å². The second-order valence-electron chi connectivity index (χ2n) is 2.65. The van der Waals surface area contributed by atoms with Gasteiger partial charge in [0.05, 0.1) is 11.9 Å². The van der Waals surface area contributed by atoms with Crippen LogP contribution < -0.4 is 5.73 Å². The van der Waals surface area contributed by atoms with Gasteiger partial charge in [-0.2, -0.15) is 5.10 Å². The minimum atomic E-state index is 0.637. The van der Waals surface area contributed by atoms with Gasteiger partial charge in [0.25, 0.3) is 0 Å². The van der Waals surface area contributed by atoms with Crippen molar-refractivity contribution in [2.45, 2.75) is 0 Å². The first-order chi connectivity index (χ1) is 6.27. The third kappa shape index (κ3) is 1.58. The molecule has 1 heterocycles. The zero-order chi connectivity index (χ0) is 9.26. The van der Waals surface area contributed by atoms with Gasteiger partial charge in [-0.05, 0) is 18.2 Å². The van der Waals surface area contributed by atoms with Gasteiger partial charge < -0.3 is 5.73 Å². The highest BCUT2D eigenvalue weighted by Gasteiger charge is 2.00. The first kappa shape index (κ1) is 8.31. The van der Waals surface area contributed by atoms with Crippen molar-refractivity contribution in [3.8, 4) is 5.69 Å². The molecule has 1 aromatic carbocycles. The molecule has 0 fully saturated rings. The number of nitrogen functional groups attached to an aromatic ring is 1. The molecule has 0 saturated carbocycles.